The van der Waals surface area contributed by atoms with Gasteiger partial charge in [-0.3, -0.25) is 0 Å². The molecule has 0 radical (unpaired) electrons. The highest BCUT2D eigenvalue weighted by atomic mass is 35.5. The van der Waals surface area contributed by atoms with Gasteiger partial charge in [0.25, 0.3) is 0 Å². The van der Waals surface area contributed by atoms with Gasteiger partial charge in [0.2, 0.25) is 0 Å². The molecule has 154 valence electrons. The lowest BCUT2D eigenvalue weighted by atomic mass is 9.94. The number of hydrogen-bond acceptors (Lipinski definition) is 0. The zero-order valence-corrected chi connectivity index (χ0v) is 15.5. The Labute approximate surface area is 167 Å². The minimum atomic E-state index is -4.91. The van der Waals surface area contributed by atoms with Gasteiger partial charge in [0.1, 0.15) is 11.7 Å². The van der Waals surface area contributed by atoms with E-state index >= 15 is 0 Å². The lowest BCUT2D eigenvalue weighted by Gasteiger charge is -2.19. The van der Waals surface area contributed by atoms with Crippen LogP contribution >= 0.6 is 11.6 Å². The normalized spacial score (nSPS) is 13.9. The van der Waals surface area contributed by atoms with E-state index in [4.69, 9.17) is 11.6 Å². The topological polar surface area (TPSA) is 0 Å². The van der Waals surface area contributed by atoms with Crippen molar-refractivity contribution in [3.05, 3.63) is 88.5 Å². The summed E-state index contributed by atoms with van der Waals surface area (Å²) in [5.41, 5.74) is -2.23. The first-order valence-electron chi connectivity index (χ1n) is 8.08. The van der Waals surface area contributed by atoms with Crippen LogP contribution in [0.4, 0.5) is 30.7 Å². The van der Waals surface area contributed by atoms with Gasteiger partial charge in [0.05, 0.1) is 5.56 Å². The van der Waals surface area contributed by atoms with Gasteiger partial charge in [-0.05, 0) is 41.0 Å². The first-order chi connectivity index (χ1) is 13.4. The van der Waals surface area contributed by atoms with Gasteiger partial charge in [-0.25, -0.2) is 4.39 Å². The lowest BCUT2D eigenvalue weighted by molar-refractivity contribution is -0.140. The molecule has 0 N–H and O–H groups in total. The fourth-order valence-electron chi connectivity index (χ4n) is 2.68. The van der Waals surface area contributed by atoms with Crippen LogP contribution < -0.4 is 0 Å². The monoisotopic (exact) mass is 434 g/mol. The van der Waals surface area contributed by atoms with Crippen LogP contribution in [0.15, 0.2) is 55.6 Å². The molecule has 0 nitrogen and oxygen atoms in total. The summed E-state index contributed by atoms with van der Waals surface area (Å²) in [5, 5.41) is -0.0184. The smallest absolute Gasteiger partial charge is 0.207 e. The molecule has 0 aliphatic rings. The molecular formula is C21H14ClF7. The first kappa shape index (κ1) is 22.7. The van der Waals surface area contributed by atoms with E-state index in [1.54, 1.807) is 0 Å². The molecule has 2 rings (SSSR count). The first-order valence-corrected chi connectivity index (χ1v) is 8.45. The van der Waals surface area contributed by atoms with Gasteiger partial charge in [0.15, 0.2) is 0 Å². The summed E-state index contributed by atoms with van der Waals surface area (Å²) in [7, 11) is 0. The van der Waals surface area contributed by atoms with E-state index in [2.05, 4.69) is 13.2 Å². The predicted molar refractivity (Wildman–Crippen MR) is 101 cm³/mol. The Bertz CT molecular complexity index is 952. The maximum absolute atomic E-state index is 14.6. The summed E-state index contributed by atoms with van der Waals surface area (Å²) in [6, 6.07) is 5.86. The average Bonchev–Trinajstić information content (AvgIpc) is 2.63. The number of benzene rings is 2. The second-order valence-corrected chi connectivity index (χ2v) is 6.50. The van der Waals surface area contributed by atoms with Crippen molar-refractivity contribution in [1.82, 2.24) is 0 Å². The zero-order chi connectivity index (χ0) is 22.0. The largest absolute Gasteiger partial charge is 0.417 e. The van der Waals surface area contributed by atoms with Gasteiger partial charge < -0.3 is 0 Å². The number of hydrogen-bond donors (Lipinski definition) is 0. The molecule has 29 heavy (non-hydrogen) atoms. The Kier molecular flexibility index (Phi) is 6.63. The van der Waals surface area contributed by atoms with Crippen molar-refractivity contribution in [1.29, 1.82) is 0 Å². The molecule has 0 bridgehead atoms. The zero-order valence-electron chi connectivity index (χ0n) is 14.7. The summed E-state index contributed by atoms with van der Waals surface area (Å²) >= 11 is 5.82. The maximum Gasteiger partial charge on any atom is 0.417 e. The van der Waals surface area contributed by atoms with E-state index in [1.807, 2.05) is 0 Å². The molecule has 0 aliphatic heterocycles. The van der Waals surface area contributed by atoms with Crippen molar-refractivity contribution < 1.29 is 30.7 Å². The minimum Gasteiger partial charge on any atom is -0.207 e. The van der Waals surface area contributed by atoms with Crippen LogP contribution in [0.2, 0.25) is 5.02 Å². The molecule has 0 saturated heterocycles. The predicted octanol–water partition coefficient (Wildman–Crippen LogP) is 8.30. The van der Waals surface area contributed by atoms with Crippen molar-refractivity contribution in [2.75, 3.05) is 0 Å². The molecule has 0 amide bonds. The van der Waals surface area contributed by atoms with Crippen molar-refractivity contribution in [3.63, 3.8) is 0 Å². The highest BCUT2D eigenvalue weighted by Gasteiger charge is 2.40. The molecule has 0 saturated carbocycles. The Morgan fingerprint density at radius 2 is 1.59 bits per heavy atom. The maximum atomic E-state index is 14.6. The van der Waals surface area contributed by atoms with Crippen LogP contribution in [-0.4, -0.2) is 6.18 Å². The van der Waals surface area contributed by atoms with Crippen LogP contribution in [0, 0.1) is 0 Å². The molecule has 2 aromatic carbocycles. The third-order valence-corrected chi connectivity index (χ3v) is 4.28. The number of halogens is 8. The van der Waals surface area contributed by atoms with Crippen molar-refractivity contribution in [2.24, 2.45) is 0 Å². The summed E-state index contributed by atoms with van der Waals surface area (Å²) in [5.74, 6) is -3.87. The van der Waals surface area contributed by atoms with E-state index in [0.29, 0.717) is 6.07 Å². The molecule has 8 heteroatoms. The average molecular weight is 435 g/mol. The van der Waals surface area contributed by atoms with Gasteiger partial charge >= 0.3 is 12.4 Å². The Balaban J connectivity index is 2.60. The van der Waals surface area contributed by atoms with E-state index in [0.717, 1.165) is 30.3 Å². The number of allylic oxidation sites excluding steroid dienone is 1. The second-order valence-electron chi connectivity index (χ2n) is 6.06. The SMILES string of the molecule is C=Cc1cc(Cl)cc(C(/C=C(\F)c2ccc(C=C)c(C(F)(F)F)c2)C(F)(F)F)c1. The highest BCUT2D eigenvalue weighted by Crippen LogP contribution is 2.40. The van der Waals surface area contributed by atoms with Crippen LogP contribution in [0.5, 0.6) is 0 Å². The molecule has 0 aromatic heterocycles. The van der Waals surface area contributed by atoms with Gasteiger partial charge in [-0.2, -0.15) is 26.3 Å². The molecule has 1 unspecified atom stereocenters. The number of rotatable bonds is 5. The molecular weight excluding hydrogens is 421 g/mol. The van der Waals surface area contributed by atoms with Crippen LogP contribution in [0.1, 0.15) is 33.7 Å². The molecule has 0 heterocycles. The molecule has 0 spiro atoms. The molecule has 0 aliphatic carbocycles. The number of alkyl halides is 6. The van der Waals surface area contributed by atoms with E-state index in [-0.39, 0.29) is 27.8 Å². The van der Waals surface area contributed by atoms with Crippen LogP contribution in [0.3, 0.4) is 0 Å². The quantitative estimate of drug-likeness (QED) is 0.415. The third kappa shape index (κ3) is 5.50. The fraction of sp³-hybridized carbons (Fsp3) is 0.143. The summed E-state index contributed by atoms with van der Waals surface area (Å²) in [4.78, 5) is 0. The molecule has 0 fully saturated rings. The summed E-state index contributed by atoms with van der Waals surface area (Å²) < 4.78 is 94.7. The molecule has 2 aromatic rings. The fourth-order valence-corrected chi connectivity index (χ4v) is 2.94. The van der Waals surface area contributed by atoms with Crippen molar-refractivity contribution in [3.8, 4) is 0 Å². The lowest BCUT2D eigenvalue weighted by Crippen LogP contribution is -2.19. The van der Waals surface area contributed by atoms with Gasteiger partial charge in [-0.1, -0.05) is 55.1 Å². The standard InChI is InChI=1S/C21H14ClF7/c1-3-12-7-15(9-16(22)8-12)18(21(27,28)29)11-19(23)14-6-5-13(4-2)17(10-14)20(24,25)26/h3-11,18H,1-2H2/b19-11-. The van der Waals surface area contributed by atoms with Gasteiger partial charge in [0, 0.05) is 10.6 Å². The summed E-state index contributed by atoms with van der Waals surface area (Å²) in [6.07, 6.45) is -7.31. The summed E-state index contributed by atoms with van der Waals surface area (Å²) in [6.45, 7) is 6.70. The van der Waals surface area contributed by atoms with E-state index < -0.39 is 35.2 Å². The van der Waals surface area contributed by atoms with Crippen molar-refractivity contribution in [2.45, 2.75) is 18.3 Å². The Morgan fingerprint density at radius 1 is 0.931 bits per heavy atom. The molecule has 1 atom stereocenters. The van der Waals surface area contributed by atoms with E-state index in [9.17, 15) is 30.7 Å². The van der Waals surface area contributed by atoms with Crippen molar-refractivity contribution >= 4 is 29.6 Å². The highest BCUT2D eigenvalue weighted by molar-refractivity contribution is 6.30. The second kappa shape index (κ2) is 8.45. The van der Waals surface area contributed by atoms with Crippen LogP contribution in [0.25, 0.3) is 18.0 Å². The third-order valence-electron chi connectivity index (χ3n) is 4.06. The Morgan fingerprint density at radius 3 is 2.10 bits per heavy atom. The van der Waals surface area contributed by atoms with E-state index in [1.165, 1.54) is 12.1 Å². The minimum absolute atomic E-state index is 0.0184. The van der Waals surface area contributed by atoms with Crippen LogP contribution in [-0.2, 0) is 6.18 Å². The van der Waals surface area contributed by atoms with Gasteiger partial charge in [-0.15, -0.1) is 0 Å². The Hall–Kier alpha value is -2.54.